The third-order valence-corrected chi connectivity index (χ3v) is 5.34. The fraction of sp³-hybridized carbons (Fsp3) is 0.188. The van der Waals surface area contributed by atoms with E-state index in [1.54, 1.807) is 24.4 Å². The lowest BCUT2D eigenvalue weighted by molar-refractivity contribution is -0.120. The number of thiophene rings is 1. The quantitative estimate of drug-likeness (QED) is 0.663. The molecule has 2 N–H and O–H groups in total. The van der Waals surface area contributed by atoms with E-state index in [9.17, 15) is 9.59 Å². The van der Waals surface area contributed by atoms with Crippen LogP contribution in [0.5, 0.6) is 0 Å². The van der Waals surface area contributed by atoms with E-state index in [1.165, 1.54) is 28.9 Å². The van der Waals surface area contributed by atoms with E-state index >= 15 is 0 Å². The minimum atomic E-state index is -0.286. The summed E-state index contributed by atoms with van der Waals surface area (Å²) in [7, 11) is 0. The summed E-state index contributed by atoms with van der Waals surface area (Å²) >= 11 is 8.55. The smallest absolute Gasteiger partial charge is 0.260 e. The summed E-state index contributed by atoms with van der Waals surface area (Å²) in [6, 6.07) is 5.27. The number of nitrogens with one attached hydrogen (secondary N) is 2. The molecule has 0 aliphatic heterocycles. The van der Waals surface area contributed by atoms with Crippen LogP contribution in [-0.4, -0.2) is 16.8 Å². The predicted molar refractivity (Wildman–Crippen MR) is 98.4 cm³/mol. The van der Waals surface area contributed by atoms with Crippen LogP contribution in [0.25, 0.3) is 0 Å². The van der Waals surface area contributed by atoms with E-state index in [-0.39, 0.29) is 18.2 Å². The number of aryl methyl sites for hydroxylation is 1. The van der Waals surface area contributed by atoms with Crippen LogP contribution in [0.4, 0.5) is 5.13 Å². The van der Waals surface area contributed by atoms with Crippen molar-refractivity contribution in [3.05, 3.63) is 56.1 Å². The Labute approximate surface area is 156 Å². The molecule has 6 nitrogen and oxygen atoms in total. The Balaban J connectivity index is 1.52. The first kappa shape index (κ1) is 17.7. The zero-order valence-electron chi connectivity index (χ0n) is 13.2. The van der Waals surface area contributed by atoms with Gasteiger partial charge < -0.3 is 9.73 Å². The topological polar surface area (TPSA) is 84.2 Å². The van der Waals surface area contributed by atoms with Crippen LogP contribution in [0.1, 0.15) is 26.7 Å². The fourth-order valence-corrected chi connectivity index (χ4v) is 3.82. The highest BCUT2D eigenvalue weighted by molar-refractivity contribution is 7.16. The van der Waals surface area contributed by atoms with Crippen LogP contribution in [0.3, 0.4) is 0 Å². The average Bonchev–Trinajstić information content (AvgIpc) is 3.28. The van der Waals surface area contributed by atoms with Gasteiger partial charge in [0.15, 0.2) is 5.13 Å². The molecule has 0 unspecified atom stereocenters. The van der Waals surface area contributed by atoms with Crippen molar-refractivity contribution < 1.29 is 14.0 Å². The van der Waals surface area contributed by atoms with E-state index < -0.39 is 0 Å². The normalized spacial score (nSPS) is 10.6. The maximum atomic E-state index is 12.1. The Morgan fingerprint density at radius 2 is 2.16 bits per heavy atom. The van der Waals surface area contributed by atoms with Gasteiger partial charge in [0.05, 0.1) is 34.8 Å². The lowest BCUT2D eigenvalue weighted by Crippen LogP contribution is -2.24. The van der Waals surface area contributed by atoms with E-state index in [0.29, 0.717) is 33.0 Å². The molecule has 0 radical (unpaired) electrons. The van der Waals surface area contributed by atoms with Gasteiger partial charge >= 0.3 is 0 Å². The predicted octanol–water partition coefficient (Wildman–Crippen LogP) is 3.87. The van der Waals surface area contributed by atoms with Crippen LogP contribution in [0.2, 0.25) is 4.34 Å². The molecule has 25 heavy (non-hydrogen) atoms. The van der Waals surface area contributed by atoms with E-state index in [2.05, 4.69) is 15.6 Å². The van der Waals surface area contributed by atoms with Gasteiger partial charge in [0, 0.05) is 10.3 Å². The Morgan fingerprint density at radius 1 is 1.32 bits per heavy atom. The number of amides is 2. The number of thiazole rings is 1. The molecule has 3 aromatic rings. The van der Waals surface area contributed by atoms with Gasteiger partial charge in [-0.3, -0.25) is 14.9 Å². The van der Waals surface area contributed by atoms with E-state index in [4.69, 9.17) is 16.0 Å². The van der Waals surface area contributed by atoms with Crippen LogP contribution >= 0.6 is 34.3 Å². The van der Waals surface area contributed by atoms with Crippen molar-refractivity contribution in [2.75, 3.05) is 5.32 Å². The largest absolute Gasteiger partial charge is 0.469 e. The molecule has 0 aliphatic carbocycles. The first-order valence-corrected chi connectivity index (χ1v) is 9.39. The van der Waals surface area contributed by atoms with Crippen molar-refractivity contribution >= 4 is 51.2 Å². The molecule has 0 saturated carbocycles. The van der Waals surface area contributed by atoms with Crippen LogP contribution in [-0.2, 0) is 17.8 Å². The number of aromatic nitrogens is 1. The number of halogens is 1. The molecular weight excluding hydrogens is 382 g/mol. The maximum absolute atomic E-state index is 12.1. The van der Waals surface area contributed by atoms with Gasteiger partial charge in [-0.25, -0.2) is 4.98 Å². The first-order valence-electron chi connectivity index (χ1n) is 7.32. The Bertz CT molecular complexity index is 900. The molecule has 0 bridgehead atoms. The zero-order chi connectivity index (χ0) is 17.8. The first-order chi connectivity index (χ1) is 12.0. The van der Waals surface area contributed by atoms with E-state index in [1.807, 2.05) is 6.07 Å². The van der Waals surface area contributed by atoms with Crippen molar-refractivity contribution in [1.82, 2.24) is 10.3 Å². The second kappa shape index (κ2) is 7.81. The molecule has 0 fully saturated rings. The summed E-state index contributed by atoms with van der Waals surface area (Å²) in [4.78, 5) is 29.3. The minimum Gasteiger partial charge on any atom is -0.469 e. The van der Waals surface area contributed by atoms with Gasteiger partial charge in [-0.05, 0) is 25.1 Å². The highest BCUT2D eigenvalue weighted by atomic mass is 35.5. The van der Waals surface area contributed by atoms with Crippen molar-refractivity contribution in [1.29, 1.82) is 0 Å². The summed E-state index contributed by atoms with van der Waals surface area (Å²) in [6.45, 7) is 2.15. The second-order valence-corrected chi connectivity index (χ2v) is 7.81. The minimum absolute atomic E-state index is 0.140. The SMILES string of the molecule is Cc1occc1C(=O)Nc1nc(CC(=O)NCc2ccc(Cl)s2)cs1. The average molecular weight is 396 g/mol. The fourth-order valence-electron chi connectivity index (χ4n) is 2.09. The number of furan rings is 1. The molecule has 0 spiro atoms. The molecule has 3 rings (SSSR count). The number of hydrogen-bond acceptors (Lipinski definition) is 6. The molecule has 0 atom stereocenters. The zero-order valence-corrected chi connectivity index (χ0v) is 15.6. The Morgan fingerprint density at radius 3 is 2.84 bits per heavy atom. The molecular formula is C16H14ClN3O3S2. The van der Waals surface area contributed by atoms with Crippen LogP contribution in [0, 0.1) is 6.92 Å². The molecule has 0 aromatic carbocycles. The number of hydrogen-bond donors (Lipinski definition) is 2. The van der Waals surface area contributed by atoms with Crippen molar-refractivity contribution in [2.45, 2.75) is 19.9 Å². The summed E-state index contributed by atoms with van der Waals surface area (Å²) in [5.74, 6) is 0.117. The maximum Gasteiger partial charge on any atom is 0.260 e. The Kier molecular flexibility index (Phi) is 5.52. The van der Waals surface area contributed by atoms with Gasteiger partial charge in [-0.2, -0.15) is 0 Å². The van der Waals surface area contributed by atoms with Crippen molar-refractivity contribution in [3.8, 4) is 0 Å². The Hall–Kier alpha value is -2.16. The summed E-state index contributed by atoms with van der Waals surface area (Å²) in [6.07, 6.45) is 1.61. The third-order valence-electron chi connectivity index (χ3n) is 3.31. The molecule has 0 saturated heterocycles. The molecule has 9 heteroatoms. The highest BCUT2D eigenvalue weighted by Gasteiger charge is 2.14. The lowest BCUT2D eigenvalue weighted by Gasteiger charge is -2.02. The monoisotopic (exact) mass is 395 g/mol. The number of carbonyl (C=O) groups is 2. The second-order valence-electron chi connectivity index (χ2n) is 5.15. The van der Waals surface area contributed by atoms with Gasteiger partial charge in [-0.15, -0.1) is 22.7 Å². The summed E-state index contributed by atoms with van der Waals surface area (Å²) in [5, 5.41) is 7.71. The third kappa shape index (κ3) is 4.68. The summed E-state index contributed by atoms with van der Waals surface area (Å²) in [5.41, 5.74) is 1.06. The highest BCUT2D eigenvalue weighted by Crippen LogP contribution is 2.21. The molecule has 3 aromatic heterocycles. The van der Waals surface area contributed by atoms with Gasteiger partial charge in [0.1, 0.15) is 5.76 Å². The molecule has 3 heterocycles. The van der Waals surface area contributed by atoms with Crippen molar-refractivity contribution in [3.63, 3.8) is 0 Å². The number of nitrogens with zero attached hydrogens (tertiary/aromatic N) is 1. The van der Waals surface area contributed by atoms with Crippen molar-refractivity contribution in [2.24, 2.45) is 0 Å². The molecule has 0 aliphatic rings. The number of carbonyl (C=O) groups excluding carboxylic acids is 2. The lowest BCUT2D eigenvalue weighted by atomic mass is 10.2. The molecule has 2 amide bonds. The van der Waals surface area contributed by atoms with Gasteiger partial charge in [0.2, 0.25) is 5.91 Å². The standard InChI is InChI=1S/C16H14ClN3O3S2/c1-9-12(4-5-23-9)15(22)20-16-19-10(8-24-16)6-14(21)18-7-11-2-3-13(17)25-11/h2-5,8H,6-7H2,1H3,(H,18,21)(H,19,20,22). The van der Waals surface area contributed by atoms with E-state index in [0.717, 1.165) is 4.88 Å². The van der Waals surface area contributed by atoms with Crippen LogP contribution in [0.15, 0.2) is 34.3 Å². The number of rotatable bonds is 6. The molecule has 130 valence electrons. The van der Waals surface area contributed by atoms with Gasteiger partial charge in [0.25, 0.3) is 5.91 Å². The number of anilines is 1. The summed E-state index contributed by atoms with van der Waals surface area (Å²) < 4.78 is 5.80. The van der Waals surface area contributed by atoms with Crippen LogP contribution < -0.4 is 10.6 Å². The van der Waals surface area contributed by atoms with Gasteiger partial charge in [-0.1, -0.05) is 11.6 Å².